The van der Waals surface area contributed by atoms with E-state index in [0.717, 1.165) is 55.5 Å². The lowest BCUT2D eigenvalue weighted by molar-refractivity contribution is -0.385. The van der Waals surface area contributed by atoms with E-state index in [-0.39, 0.29) is 35.0 Å². The molecule has 0 unspecified atom stereocenters. The van der Waals surface area contributed by atoms with E-state index in [1.165, 1.54) is 0 Å². The number of non-ortho nitro benzene ring substituents is 1. The van der Waals surface area contributed by atoms with Crippen molar-refractivity contribution in [1.82, 2.24) is 9.80 Å². The number of likely N-dealkylation sites (N-methyl/N-ethyl adjacent to an activating group) is 1. The van der Waals surface area contributed by atoms with Gasteiger partial charge in [0, 0.05) is 25.2 Å². The molecule has 1 heterocycles. The summed E-state index contributed by atoms with van der Waals surface area (Å²) in [5.41, 5.74) is 2.83. The van der Waals surface area contributed by atoms with Gasteiger partial charge < -0.3 is 4.90 Å². The van der Waals surface area contributed by atoms with Gasteiger partial charge in [-0.15, -0.1) is 0 Å². The molecule has 0 bridgehead atoms. The largest absolute Gasteiger partial charge is 0.337 e. The average molecular weight is 462 g/mol. The molecule has 1 saturated heterocycles. The highest BCUT2D eigenvalue weighted by Gasteiger charge is 2.39. The number of hydrogen-bond acceptors (Lipinski definition) is 4. The second-order valence-electron chi connectivity index (χ2n) is 8.36. The van der Waals surface area contributed by atoms with Gasteiger partial charge in [0.15, 0.2) is 0 Å². The maximum absolute atomic E-state index is 13.3. The topological polar surface area (TPSA) is 66.7 Å². The van der Waals surface area contributed by atoms with Gasteiger partial charge in [-0.1, -0.05) is 35.3 Å². The highest BCUT2D eigenvalue weighted by atomic mass is 35.5. The lowest BCUT2D eigenvalue weighted by atomic mass is 9.82. The second-order valence-corrected chi connectivity index (χ2v) is 9.18. The van der Waals surface area contributed by atoms with Crippen molar-refractivity contribution in [3.05, 3.63) is 73.2 Å². The zero-order valence-electron chi connectivity index (χ0n) is 17.4. The molecular formula is C23H25Cl2N3O3. The molecule has 6 nitrogen and oxygen atoms in total. The van der Waals surface area contributed by atoms with E-state index in [2.05, 4.69) is 4.90 Å². The summed E-state index contributed by atoms with van der Waals surface area (Å²) in [5, 5.41) is 12.3. The van der Waals surface area contributed by atoms with Crippen molar-refractivity contribution in [2.24, 2.45) is 0 Å². The number of fused-ring (bicyclic) bond motifs is 1. The minimum atomic E-state index is -0.367. The first-order valence-corrected chi connectivity index (χ1v) is 11.3. The van der Waals surface area contributed by atoms with Gasteiger partial charge in [0.2, 0.25) is 5.91 Å². The molecule has 2 aliphatic rings. The van der Waals surface area contributed by atoms with Crippen LogP contribution in [0.2, 0.25) is 10.0 Å². The Bertz CT molecular complexity index is 1010. The van der Waals surface area contributed by atoms with Gasteiger partial charge in [0.05, 0.1) is 27.4 Å². The number of rotatable bonds is 5. The van der Waals surface area contributed by atoms with Crippen LogP contribution in [0, 0.1) is 10.1 Å². The Morgan fingerprint density at radius 1 is 1.16 bits per heavy atom. The first-order valence-electron chi connectivity index (χ1n) is 10.6. The first kappa shape index (κ1) is 22.1. The number of nitro groups is 1. The first-order chi connectivity index (χ1) is 14.8. The van der Waals surface area contributed by atoms with Crippen molar-refractivity contribution < 1.29 is 9.72 Å². The van der Waals surface area contributed by atoms with Crippen LogP contribution in [-0.2, 0) is 17.6 Å². The Balaban J connectivity index is 1.67. The Morgan fingerprint density at radius 2 is 1.90 bits per heavy atom. The van der Waals surface area contributed by atoms with Crippen LogP contribution in [0.3, 0.4) is 0 Å². The number of amides is 1. The smallest absolute Gasteiger partial charge is 0.269 e. The van der Waals surface area contributed by atoms with Crippen LogP contribution in [0.1, 0.15) is 42.0 Å². The van der Waals surface area contributed by atoms with E-state index >= 15 is 0 Å². The van der Waals surface area contributed by atoms with E-state index in [1.54, 1.807) is 35.2 Å². The van der Waals surface area contributed by atoms with Crippen LogP contribution in [0.15, 0.2) is 36.4 Å². The van der Waals surface area contributed by atoms with Crippen LogP contribution in [0.25, 0.3) is 0 Å². The third kappa shape index (κ3) is 4.56. The minimum Gasteiger partial charge on any atom is -0.337 e. The van der Waals surface area contributed by atoms with Gasteiger partial charge in [-0.2, -0.15) is 0 Å². The molecule has 2 aromatic rings. The maximum Gasteiger partial charge on any atom is 0.269 e. The molecule has 4 rings (SSSR count). The summed E-state index contributed by atoms with van der Waals surface area (Å²) < 4.78 is 0. The third-order valence-electron chi connectivity index (χ3n) is 6.49. The van der Waals surface area contributed by atoms with Crippen LogP contribution in [-0.4, -0.2) is 46.8 Å². The number of hydrogen-bond donors (Lipinski definition) is 0. The fourth-order valence-electron chi connectivity index (χ4n) is 4.89. The number of benzene rings is 2. The predicted molar refractivity (Wildman–Crippen MR) is 122 cm³/mol. The molecule has 8 heteroatoms. The Hall–Kier alpha value is -2.15. The van der Waals surface area contributed by atoms with Crippen molar-refractivity contribution in [3.63, 3.8) is 0 Å². The minimum absolute atomic E-state index is 0.0491. The summed E-state index contributed by atoms with van der Waals surface area (Å²) in [4.78, 5) is 28.6. The molecule has 31 heavy (non-hydrogen) atoms. The van der Waals surface area contributed by atoms with Crippen molar-refractivity contribution in [3.8, 4) is 0 Å². The second kappa shape index (κ2) is 9.15. The van der Waals surface area contributed by atoms with E-state index < -0.39 is 0 Å². The monoisotopic (exact) mass is 461 g/mol. The summed E-state index contributed by atoms with van der Waals surface area (Å²) in [6.07, 6.45) is 4.28. The number of aryl methyl sites for hydroxylation is 1. The molecule has 0 radical (unpaired) electrons. The molecule has 2 aromatic carbocycles. The van der Waals surface area contributed by atoms with Crippen molar-refractivity contribution in [2.45, 2.75) is 44.2 Å². The van der Waals surface area contributed by atoms with E-state index in [0.29, 0.717) is 10.0 Å². The van der Waals surface area contributed by atoms with Crippen LogP contribution < -0.4 is 0 Å². The molecule has 0 spiro atoms. The molecule has 0 N–H and O–H groups in total. The molecule has 1 fully saturated rings. The molecule has 0 aromatic heterocycles. The standard InChI is InChI=1S/C23H25Cl2N3O3/c1-26(22(29)13-15-4-8-19(24)20(25)12-15)23-18-14-17(28(30)31)7-5-16(18)6-9-21(23)27-10-2-3-11-27/h4-5,7-8,12,14,21,23H,2-3,6,9-11,13H2,1H3/t21-,23-/m1/s1. The lowest BCUT2D eigenvalue weighted by Crippen LogP contribution is -2.48. The molecule has 1 amide bonds. The summed E-state index contributed by atoms with van der Waals surface area (Å²) in [7, 11) is 1.81. The summed E-state index contributed by atoms with van der Waals surface area (Å²) >= 11 is 12.1. The van der Waals surface area contributed by atoms with Crippen LogP contribution in [0.5, 0.6) is 0 Å². The van der Waals surface area contributed by atoms with Crippen molar-refractivity contribution >= 4 is 34.8 Å². The van der Waals surface area contributed by atoms with E-state index in [4.69, 9.17) is 23.2 Å². The molecule has 1 aliphatic carbocycles. The number of likely N-dealkylation sites (tertiary alicyclic amines) is 1. The lowest BCUT2D eigenvalue weighted by Gasteiger charge is -2.43. The predicted octanol–water partition coefficient (Wildman–Crippen LogP) is 5.05. The highest BCUT2D eigenvalue weighted by Crippen LogP contribution is 2.39. The number of carbonyl (C=O) groups excluding carboxylic acids is 1. The third-order valence-corrected chi connectivity index (χ3v) is 7.23. The quantitative estimate of drug-likeness (QED) is 0.461. The highest BCUT2D eigenvalue weighted by molar-refractivity contribution is 6.42. The number of carbonyl (C=O) groups is 1. The number of halogens is 2. The molecular weight excluding hydrogens is 437 g/mol. The van der Waals surface area contributed by atoms with Crippen LogP contribution >= 0.6 is 23.2 Å². The average Bonchev–Trinajstić information content (AvgIpc) is 3.29. The van der Waals surface area contributed by atoms with Crippen LogP contribution in [0.4, 0.5) is 5.69 Å². The van der Waals surface area contributed by atoms with Crippen molar-refractivity contribution in [2.75, 3.05) is 20.1 Å². The summed E-state index contributed by atoms with van der Waals surface area (Å²) in [5.74, 6) is -0.0491. The van der Waals surface area contributed by atoms with Gasteiger partial charge in [-0.25, -0.2) is 0 Å². The van der Waals surface area contributed by atoms with E-state index in [1.807, 2.05) is 13.1 Å². The van der Waals surface area contributed by atoms with Gasteiger partial charge in [-0.05, 0) is 67.6 Å². The molecule has 164 valence electrons. The zero-order valence-corrected chi connectivity index (χ0v) is 18.9. The fraction of sp³-hybridized carbons (Fsp3) is 0.435. The van der Waals surface area contributed by atoms with Gasteiger partial charge in [0.1, 0.15) is 0 Å². The molecule has 0 saturated carbocycles. The normalized spacial score (nSPS) is 21.0. The van der Waals surface area contributed by atoms with Crippen molar-refractivity contribution in [1.29, 1.82) is 0 Å². The Morgan fingerprint density at radius 3 is 2.58 bits per heavy atom. The number of nitrogens with zero attached hydrogens (tertiary/aromatic N) is 3. The summed E-state index contributed by atoms with van der Waals surface area (Å²) in [6, 6.07) is 10.2. The van der Waals surface area contributed by atoms with E-state index in [9.17, 15) is 14.9 Å². The SMILES string of the molecule is CN(C(=O)Cc1ccc(Cl)c(Cl)c1)[C@@H]1c2cc([N+](=O)[O-])ccc2CC[C@H]1N1CCCC1. The fourth-order valence-corrected chi connectivity index (χ4v) is 5.21. The number of nitro benzene ring substituents is 1. The molecule has 1 aliphatic heterocycles. The van der Waals surface area contributed by atoms with Gasteiger partial charge in [0.25, 0.3) is 5.69 Å². The maximum atomic E-state index is 13.3. The van der Waals surface area contributed by atoms with Gasteiger partial charge in [-0.3, -0.25) is 19.8 Å². The Kier molecular flexibility index (Phi) is 6.51. The zero-order chi connectivity index (χ0) is 22.1. The Labute approximate surface area is 191 Å². The molecule has 2 atom stereocenters. The summed E-state index contributed by atoms with van der Waals surface area (Å²) in [6.45, 7) is 2.00. The van der Waals surface area contributed by atoms with Gasteiger partial charge >= 0.3 is 0 Å².